The number of azo groups is 1. The summed E-state index contributed by atoms with van der Waals surface area (Å²) in [7, 11) is 0. The maximum Gasteiger partial charge on any atom is 0.221 e. The van der Waals surface area contributed by atoms with Crippen LogP contribution in [0.1, 0.15) is 24.1 Å². The summed E-state index contributed by atoms with van der Waals surface area (Å²) < 4.78 is 2.00. The summed E-state index contributed by atoms with van der Waals surface area (Å²) in [6, 6.07) is 12.2. The second-order valence-electron chi connectivity index (χ2n) is 6.52. The molecule has 0 spiro atoms. The van der Waals surface area contributed by atoms with Gasteiger partial charge in [0.15, 0.2) is 5.69 Å². The van der Waals surface area contributed by atoms with E-state index < -0.39 is 0 Å². The lowest BCUT2D eigenvalue weighted by molar-refractivity contribution is 0.406. The van der Waals surface area contributed by atoms with Crippen LogP contribution in [0.4, 0.5) is 11.4 Å². The van der Waals surface area contributed by atoms with E-state index in [9.17, 15) is 5.11 Å². The van der Waals surface area contributed by atoms with Gasteiger partial charge in [-0.1, -0.05) is 30.7 Å². The van der Waals surface area contributed by atoms with Gasteiger partial charge in [0.2, 0.25) is 5.88 Å². The number of aryl methyl sites for hydroxylation is 1. The summed E-state index contributed by atoms with van der Waals surface area (Å²) in [6.45, 7) is 4.04. The number of aromatic hydroxyl groups is 1. The van der Waals surface area contributed by atoms with E-state index in [2.05, 4.69) is 35.4 Å². The van der Waals surface area contributed by atoms with Crippen molar-refractivity contribution in [2.24, 2.45) is 10.2 Å². The lowest BCUT2D eigenvalue weighted by Crippen LogP contribution is -2.22. The second-order valence-corrected chi connectivity index (χ2v) is 8.00. The molecule has 134 valence electrons. The molecule has 0 aliphatic carbocycles. The molecule has 0 saturated carbocycles. The number of hydrogen-bond donors (Lipinski definition) is 1. The summed E-state index contributed by atoms with van der Waals surface area (Å²) in [6.07, 6.45) is 0.936. The Morgan fingerprint density at radius 3 is 2.73 bits per heavy atom. The van der Waals surface area contributed by atoms with Gasteiger partial charge >= 0.3 is 0 Å². The lowest BCUT2D eigenvalue weighted by Gasteiger charge is -2.27. The number of fused-ring (bicyclic) bond motifs is 1. The Morgan fingerprint density at radius 1 is 1.23 bits per heavy atom. The zero-order valence-corrected chi connectivity index (χ0v) is 16.3. The largest absolute Gasteiger partial charge is 0.493 e. The molecule has 2 aromatic carbocycles. The van der Waals surface area contributed by atoms with Gasteiger partial charge in [-0.15, -0.1) is 5.11 Å². The minimum atomic E-state index is 0.196. The number of benzene rings is 2. The highest BCUT2D eigenvalue weighted by Crippen LogP contribution is 2.45. The van der Waals surface area contributed by atoms with E-state index in [1.165, 1.54) is 5.56 Å². The number of thioether (sulfide) groups is 1. The van der Waals surface area contributed by atoms with E-state index in [0.29, 0.717) is 22.4 Å². The van der Waals surface area contributed by atoms with Gasteiger partial charge in [-0.3, -0.25) is 0 Å². The van der Waals surface area contributed by atoms with Crippen LogP contribution < -0.4 is 0 Å². The first-order valence-electron chi connectivity index (χ1n) is 8.70. The molecule has 0 radical (unpaired) electrons. The standard InChI is InChI=1S/C20H20ClN3OS/c1-3-13-7-8-18-15(9-13)19(20(25)24(18)14-10-26-11-14)23-22-17-6-4-5-16(21)12(17)2/h4-9,14,25H,3,10-11H2,1-2H3. The predicted octanol–water partition coefficient (Wildman–Crippen LogP) is 6.57. The van der Waals surface area contributed by atoms with Crippen molar-refractivity contribution in [2.75, 3.05) is 11.5 Å². The third-order valence-electron chi connectivity index (χ3n) is 4.91. The zero-order chi connectivity index (χ0) is 18.3. The van der Waals surface area contributed by atoms with E-state index >= 15 is 0 Å². The highest BCUT2D eigenvalue weighted by Gasteiger charge is 2.27. The first kappa shape index (κ1) is 17.4. The van der Waals surface area contributed by atoms with Crippen molar-refractivity contribution >= 4 is 45.6 Å². The molecule has 1 N–H and O–H groups in total. The molecular formula is C20H20ClN3OS. The van der Waals surface area contributed by atoms with Crippen molar-refractivity contribution in [1.29, 1.82) is 0 Å². The maximum atomic E-state index is 10.9. The first-order valence-corrected chi connectivity index (χ1v) is 10.2. The normalized spacial score (nSPS) is 15.0. The molecule has 1 fully saturated rings. The Morgan fingerprint density at radius 2 is 2.04 bits per heavy atom. The summed E-state index contributed by atoms with van der Waals surface area (Å²) in [4.78, 5) is 0. The van der Waals surface area contributed by atoms with Gasteiger partial charge in [0.05, 0.1) is 17.2 Å². The molecule has 0 bridgehead atoms. The van der Waals surface area contributed by atoms with Crippen LogP contribution in [0.5, 0.6) is 5.88 Å². The SMILES string of the molecule is CCc1ccc2c(c1)c(N=Nc1cccc(Cl)c1C)c(O)n2C1CSC1. The molecule has 0 unspecified atom stereocenters. The van der Waals surface area contributed by atoms with Crippen molar-refractivity contribution in [1.82, 2.24) is 4.57 Å². The number of hydrogen-bond acceptors (Lipinski definition) is 4. The van der Waals surface area contributed by atoms with Crippen molar-refractivity contribution in [3.05, 3.63) is 52.5 Å². The molecule has 1 saturated heterocycles. The topological polar surface area (TPSA) is 49.9 Å². The van der Waals surface area contributed by atoms with E-state index in [-0.39, 0.29) is 5.88 Å². The van der Waals surface area contributed by atoms with Crippen LogP contribution in [0.25, 0.3) is 10.9 Å². The van der Waals surface area contributed by atoms with Crippen molar-refractivity contribution in [2.45, 2.75) is 26.3 Å². The minimum Gasteiger partial charge on any atom is -0.493 e. The fraction of sp³-hybridized carbons (Fsp3) is 0.300. The molecule has 4 rings (SSSR count). The summed E-state index contributed by atoms with van der Waals surface area (Å²) in [5.41, 5.74) is 4.36. The van der Waals surface area contributed by atoms with Crippen LogP contribution >= 0.6 is 23.4 Å². The molecule has 0 amide bonds. The quantitative estimate of drug-likeness (QED) is 0.516. The van der Waals surface area contributed by atoms with Gasteiger partial charge in [0, 0.05) is 21.9 Å². The van der Waals surface area contributed by atoms with Gasteiger partial charge < -0.3 is 9.67 Å². The van der Waals surface area contributed by atoms with E-state index in [0.717, 1.165) is 34.4 Å². The highest BCUT2D eigenvalue weighted by molar-refractivity contribution is 8.00. The Bertz CT molecular complexity index is 1010. The number of nitrogens with zero attached hydrogens (tertiary/aromatic N) is 3. The Kier molecular flexibility index (Phi) is 4.67. The van der Waals surface area contributed by atoms with E-state index in [1.54, 1.807) is 0 Å². The number of rotatable bonds is 4. The fourth-order valence-corrected chi connectivity index (χ4v) is 4.11. The maximum absolute atomic E-state index is 10.9. The Labute approximate surface area is 161 Å². The van der Waals surface area contributed by atoms with Gasteiger partial charge in [-0.25, -0.2) is 0 Å². The van der Waals surface area contributed by atoms with E-state index in [1.807, 2.05) is 41.5 Å². The molecule has 1 aliphatic heterocycles. The molecule has 1 aromatic heterocycles. The van der Waals surface area contributed by atoms with Crippen LogP contribution in [0.3, 0.4) is 0 Å². The summed E-state index contributed by atoms with van der Waals surface area (Å²) in [5, 5.41) is 21.3. The molecule has 1 aliphatic rings. The third-order valence-corrected chi connectivity index (χ3v) is 6.56. The molecular weight excluding hydrogens is 366 g/mol. The highest BCUT2D eigenvalue weighted by atomic mass is 35.5. The smallest absolute Gasteiger partial charge is 0.221 e. The van der Waals surface area contributed by atoms with E-state index in [4.69, 9.17) is 11.6 Å². The summed E-state index contributed by atoms with van der Waals surface area (Å²) in [5.74, 6) is 2.22. The van der Waals surface area contributed by atoms with Crippen LogP contribution in [-0.4, -0.2) is 21.2 Å². The zero-order valence-electron chi connectivity index (χ0n) is 14.7. The van der Waals surface area contributed by atoms with Crippen LogP contribution in [-0.2, 0) is 6.42 Å². The Balaban J connectivity index is 1.86. The molecule has 4 nitrogen and oxygen atoms in total. The summed E-state index contributed by atoms with van der Waals surface area (Å²) >= 11 is 8.06. The van der Waals surface area contributed by atoms with Gasteiger partial charge in [0.1, 0.15) is 0 Å². The van der Waals surface area contributed by atoms with Crippen LogP contribution in [0.15, 0.2) is 46.6 Å². The Hall–Kier alpha value is -1.98. The van der Waals surface area contributed by atoms with Gasteiger partial charge in [-0.2, -0.15) is 16.9 Å². The lowest BCUT2D eigenvalue weighted by atomic mass is 10.1. The molecule has 2 heterocycles. The van der Waals surface area contributed by atoms with Crippen molar-refractivity contribution in [3.8, 4) is 5.88 Å². The first-order chi connectivity index (χ1) is 12.6. The molecule has 3 aromatic rings. The second kappa shape index (κ2) is 6.97. The van der Waals surface area contributed by atoms with Crippen molar-refractivity contribution in [3.63, 3.8) is 0 Å². The molecule has 0 atom stereocenters. The average Bonchev–Trinajstić information content (AvgIpc) is 2.86. The third kappa shape index (κ3) is 2.89. The fourth-order valence-electron chi connectivity index (χ4n) is 3.20. The predicted molar refractivity (Wildman–Crippen MR) is 110 cm³/mol. The van der Waals surface area contributed by atoms with Crippen LogP contribution in [0, 0.1) is 6.92 Å². The van der Waals surface area contributed by atoms with Crippen molar-refractivity contribution < 1.29 is 5.11 Å². The number of halogens is 1. The minimum absolute atomic E-state index is 0.196. The van der Waals surface area contributed by atoms with Gasteiger partial charge in [-0.05, 0) is 48.7 Å². The monoisotopic (exact) mass is 385 g/mol. The molecule has 6 heteroatoms. The average molecular weight is 386 g/mol. The van der Waals surface area contributed by atoms with Gasteiger partial charge in [0.25, 0.3) is 0 Å². The molecule has 26 heavy (non-hydrogen) atoms. The van der Waals surface area contributed by atoms with Crippen LogP contribution in [0.2, 0.25) is 5.02 Å². The number of aromatic nitrogens is 1.